The number of carbonyl (C=O) groups excluding carboxylic acids is 3. The largest absolute Gasteiger partial charge is 0.465 e. The van der Waals surface area contributed by atoms with Gasteiger partial charge in [-0.1, -0.05) is 30.3 Å². The highest BCUT2D eigenvalue weighted by molar-refractivity contribution is 6.06. The van der Waals surface area contributed by atoms with Crippen LogP contribution in [0.2, 0.25) is 0 Å². The van der Waals surface area contributed by atoms with E-state index in [1.165, 1.54) is 7.11 Å². The molecule has 0 saturated carbocycles. The summed E-state index contributed by atoms with van der Waals surface area (Å²) in [5.41, 5.74) is 1.44. The summed E-state index contributed by atoms with van der Waals surface area (Å²) >= 11 is 0. The first kappa shape index (κ1) is 16.7. The van der Waals surface area contributed by atoms with Gasteiger partial charge in [-0.25, -0.2) is 4.79 Å². The lowest BCUT2D eigenvalue weighted by Crippen LogP contribution is -2.28. The second-order valence-corrected chi connectivity index (χ2v) is 5.77. The molecule has 1 heterocycles. The maximum absolute atomic E-state index is 12.6. The third kappa shape index (κ3) is 3.52. The summed E-state index contributed by atoms with van der Waals surface area (Å²) in [4.78, 5) is 38.2. The molecule has 0 unspecified atom stereocenters. The fourth-order valence-corrected chi connectivity index (χ4v) is 2.86. The molecule has 0 aliphatic carbocycles. The molecular formula is C19H18N2O4. The second-order valence-electron chi connectivity index (χ2n) is 5.77. The average molecular weight is 338 g/mol. The minimum absolute atomic E-state index is 0.0902. The van der Waals surface area contributed by atoms with Gasteiger partial charge in [0.25, 0.3) is 0 Å². The molecule has 1 aliphatic heterocycles. The van der Waals surface area contributed by atoms with Crippen molar-refractivity contribution >= 4 is 29.2 Å². The van der Waals surface area contributed by atoms with Crippen molar-refractivity contribution in [3.8, 4) is 0 Å². The number of nitrogens with one attached hydrogen (secondary N) is 1. The quantitative estimate of drug-likeness (QED) is 0.869. The normalized spacial score (nSPS) is 16.6. The van der Waals surface area contributed by atoms with Gasteiger partial charge in [-0.3, -0.25) is 9.59 Å². The summed E-state index contributed by atoms with van der Waals surface area (Å²) < 4.78 is 4.72. The standard InChI is InChI=1S/C19H18N2O4/c1-25-19(24)15-9-5-6-10-16(15)20-18(23)13-11-17(22)21(12-13)14-7-3-2-4-8-14/h2-10,13H,11-12H2,1H3,(H,20,23)/t13-/m0/s1. The molecule has 0 aromatic heterocycles. The molecule has 1 atom stereocenters. The second kappa shape index (κ2) is 7.17. The molecule has 1 aliphatic rings. The number of esters is 1. The minimum Gasteiger partial charge on any atom is -0.465 e. The summed E-state index contributed by atoms with van der Waals surface area (Å²) in [5, 5.41) is 2.74. The highest BCUT2D eigenvalue weighted by atomic mass is 16.5. The maximum atomic E-state index is 12.6. The number of benzene rings is 2. The van der Waals surface area contributed by atoms with Gasteiger partial charge in [-0.2, -0.15) is 0 Å². The van der Waals surface area contributed by atoms with Crippen molar-refractivity contribution in [2.24, 2.45) is 5.92 Å². The molecule has 3 rings (SSSR count). The van der Waals surface area contributed by atoms with Crippen LogP contribution in [0.15, 0.2) is 54.6 Å². The number of hydrogen-bond donors (Lipinski definition) is 1. The number of rotatable bonds is 4. The summed E-state index contributed by atoms with van der Waals surface area (Å²) in [7, 11) is 1.29. The van der Waals surface area contributed by atoms with E-state index < -0.39 is 11.9 Å². The van der Waals surface area contributed by atoms with Crippen LogP contribution >= 0.6 is 0 Å². The topological polar surface area (TPSA) is 75.7 Å². The van der Waals surface area contributed by atoms with Crippen molar-refractivity contribution in [3.05, 3.63) is 60.2 Å². The van der Waals surface area contributed by atoms with Crippen LogP contribution in [-0.4, -0.2) is 31.4 Å². The Labute approximate surface area is 145 Å². The lowest BCUT2D eigenvalue weighted by Gasteiger charge is -2.17. The van der Waals surface area contributed by atoms with Gasteiger partial charge in [0.1, 0.15) is 0 Å². The highest BCUT2D eigenvalue weighted by Gasteiger charge is 2.35. The third-order valence-corrected chi connectivity index (χ3v) is 4.15. The van der Waals surface area contributed by atoms with Crippen LogP contribution in [0.25, 0.3) is 0 Å². The minimum atomic E-state index is -0.524. The molecule has 1 N–H and O–H groups in total. The van der Waals surface area contributed by atoms with Gasteiger partial charge in [0.05, 0.1) is 24.3 Å². The van der Waals surface area contributed by atoms with Gasteiger partial charge in [-0.15, -0.1) is 0 Å². The number of anilines is 2. The predicted octanol–water partition coefficient (Wildman–Crippen LogP) is 2.46. The van der Waals surface area contributed by atoms with Crippen LogP contribution in [0.4, 0.5) is 11.4 Å². The first-order chi connectivity index (χ1) is 12.1. The number of carbonyl (C=O) groups is 3. The number of methoxy groups -OCH3 is 1. The molecule has 2 aromatic carbocycles. The van der Waals surface area contributed by atoms with E-state index in [0.717, 1.165) is 5.69 Å². The van der Waals surface area contributed by atoms with E-state index in [1.54, 1.807) is 29.2 Å². The van der Waals surface area contributed by atoms with E-state index in [-0.39, 0.29) is 23.8 Å². The summed E-state index contributed by atoms with van der Waals surface area (Å²) in [5.74, 6) is -1.38. The third-order valence-electron chi connectivity index (χ3n) is 4.15. The first-order valence-electron chi connectivity index (χ1n) is 7.93. The Bertz CT molecular complexity index is 804. The Morgan fingerprint density at radius 2 is 1.76 bits per heavy atom. The van der Waals surface area contributed by atoms with E-state index in [0.29, 0.717) is 12.2 Å². The van der Waals surface area contributed by atoms with Gasteiger partial charge >= 0.3 is 5.97 Å². The van der Waals surface area contributed by atoms with Gasteiger partial charge in [0, 0.05) is 18.7 Å². The van der Waals surface area contributed by atoms with Crippen LogP contribution in [0.3, 0.4) is 0 Å². The number of para-hydroxylation sites is 2. The fourth-order valence-electron chi connectivity index (χ4n) is 2.86. The first-order valence-corrected chi connectivity index (χ1v) is 7.93. The number of hydrogen-bond acceptors (Lipinski definition) is 4. The zero-order valence-corrected chi connectivity index (χ0v) is 13.8. The van der Waals surface area contributed by atoms with Crippen molar-refractivity contribution < 1.29 is 19.1 Å². The van der Waals surface area contributed by atoms with Crippen molar-refractivity contribution in [2.75, 3.05) is 23.9 Å². The van der Waals surface area contributed by atoms with Crippen LogP contribution < -0.4 is 10.2 Å². The average Bonchev–Trinajstić information content (AvgIpc) is 3.04. The van der Waals surface area contributed by atoms with Crippen molar-refractivity contribution in [2.45, 2.75) is 6.42 Å². The van der Waals surface area contributed by atoms with Gasteiger partial charge in [0.2, 0.25) is 11.8 Å². The van der Waals surface area contributed by atoms with E-state index in [1.807, 2.05) is 30.3 Å². The smallest absolute Gasteiger partial charge is 0.339 e. The molecule has 1 saturated heterocycles. The van der Waals surface area contributed by atoms with Gasteiger partial charge in [-0.05, 0) is 24.3 Å². The summed E-state index contributed by atoms with van der Waals surface area (Å²) in [6, 6.07) is 15.9. The van der Waals surface area contributed by atoms with Crippen LogP contribution in [-0.2, 0) is 14.3 Å². The predicted molar refractivity (Wildman–Crippen MR) is 93.3 cm³/mol. The molecule has 1 fully saturated rings. The van der Waals surface area contributed by atoms with Crippen molar-refractivity contribution in [3.63, 3.8) is 0 Å². The summed E-state index contributed by atoms with van der Waals surface area (Å²) in [6.45, 7) is 0.315. The van der Waals surface area contributed by atoms with Crippen LogP contribution in [0.5, 0.6) is 0 Å². The number of ether oxygens (including phenoxy) is 1. The monoisotopic (exact) mass is 338 g/mol. The van der Waals surface area contributed by atoms with E-state index in [2.05, 4.69) is 5.32 Å². The van der Waals surface area contributed by atoms with E-state index in [9.17, 15) is 14.4 Å². The van der Waals surface area contributed by atoms with Crippen molar-refractivity contribution in [1.29, 1.82) is 0 Å². The molecule has 2 amide bonds. The Hall–Kier alpha value is -3.15. The molecular weight excluding hydrogens is 320 g/mol. The Balaban J connectivity index is 1.73. The fraction of sp³-hybridized carbons (Fsp3) is 0.211. The molecule has 6 nitrogen and oxygen atoms in total. The Morgan fingerprint density at radius 3 is 2.48 bits per heavy atom. The zero-order chi connectivity index (χ0) is 17.8. The maximum Gasteiger partial charge on any atom is 0.339 e. The highest BCUT2D eigenvalue weighted by Crippen LogP contribution is 2.26. The van der Waals surface area contributed by atoms with Crippen LogP contribution in [0, 0.1) is 5.92 Å². The Kier molecular flexibility index (Phi) is 4.79. The molecule has 6 heteroatoms. The molecule has 128 valence electrons. The Morgan fingerprint density at radius 1 is 1.08 bits per heavy atom. The lowest BCUT2D eigenvalue weighted by molar-refractivity contribution is -0.122. The molecule has 2 aromatic rings. The summed E-state index contributed by atoms with van der Waals surface area (Å²) in [6.07, 6.45) is 0.140. The zero-order valence-electron chi connectivity index (χ0n) is 13.8. The van der Waals surface area contributed by atoms with Crippen LogP contribution in [0.1, 0.15) is 16.8 Å². The van der Waals surface area contributed by atoms with E-state index >= 15 is 0 Å². The SMILES string of the molecule is COC(=O)c1ccccc1NC(=O)[C@H]1CC(=O)N(c2ccccc2)C1. The van der Waals surface area contributed by atoms with Gasteiger partial charge in [0.15, 0.2) is 0 Å². The molecule has 25 heavy (non-hydrogen) atoms. The number of amides is 2. The lowest BCUT2D eigenvalue weighted by atomic mass is 10.1. The van der Waals surface area contributed by atoms with Crippen molar-refractivity contribution in [1.82, 2.24) is 0 Å². The molecule has 0 spiro atoms. The van der Waals surface area contributed by atoms with E-state index in [4.69, 9.17) is 4.74 Å². The molecule has 0 radical (unpaired) electrons. The molecule has 0 bridgehead atoms. The number of nitrogens with zero attached hydrogens (tertiary/aromatic N) is 1. The van der Waals surface area contributed by atoms with Gasteiger partial charge < -0.3 is 15.0 Å².